The lowest BCUT2D eigenvalue weighted by atomic mass is 9.99. The van der Waals surface area contributed by atoms with Gasteiger partial charge >= 0.3 is 0 Å². The normalized spacial score (nSPS) is 23.5. The third kappa shape index (κ3) is 2.27. The van der Waals surface area contributed by atoms with Crippen LogP contribution in [0.2, 0.25) is 0 Å². The average Bonchev–Trinajstić information content (AvgIpc) is 2.57. The van der Waals surface area contributed by atoms with Crippen LogP contribution in [-0.2, 0) is 0 Å². The van der Waals surface area contributed by atoms with E-state index in [4.69, 9.17) is 5.73 Å². The highest BCUT2D eigenvalue weighted by molar-refractivity contribution is 5.97. The summed E-state index contributed by atoms with van der Waals surface area (Å²) in [5, 5.41) is 0. The quantitative estimate of drug-likeness (QED) is 0.824. The van der Waals surface area contributed by atoms with E-state index in [0.717, 1.165) is 23.2 Å². The minimum Gasteiger partial charge on any atom is -0.337 e. The SMILES string of the molecule is Cc1cc(C)c(C(=O)N2CC(C)C(N)C2)c(C)c1. The lowest BCUT2D eigenvalue weighted by molar-refractivity contribution is 0.0785. The molecule has 1 heterocycles. The van der Waals surface area contributed by atoms with Gasteiger partial charge in [-0.3, -0.25) is 4.79 Å². The molecule has 98 valence electrons. The lowest BCUT2D eigenvalue weighted by Crippen LogP contribution is -2.33. The molecule has 0 radical (unpaired) electrons. The number of rotatable bonds is 1. The number of carbonyl (C=O) groups is 1. The minimum atomic E-state index is 0.111. The van der Waals surface area contributed by atoms with Crippen LogP contribution in [0.15, 0.2) is 12.1 Å². The van der Waals surface area contributed by atoms with Crippen LogP contribution in [0.25, 0.3) is 0 Å². The highest BCUT2D eigenvalue weighted by atomic mass is 16.2. The molecule has 0 aliphatic carbocycles. The first-order valence-electron chi connectivity index (χ1n) is 6.53. The number of likely N-dealkylation sites (tertiary alicyclic amines) is 1. The molecule has 0 aromatic heterocycles. The Morgan fingerprint density at radius 1 is 1.22 bits per heavy atom. The van der Waals surface area contributed by atoms with Crippen molar-refractivity contribution in [2.24, 2.45) is 11.7 Å². The first-order chi connectivity index (χ1) is 8.40. The van der Waals surface area contributed by atoms with Crippen molar-refractivity contribution in [2.75, 3.05) is 13.1 Å². The van der Waals surface area contributed by atoms with Gasteiger partial charge in [0, 0.05) is 24.7 Å². The largest absolute Gasteiger partial charge is 0.337 e. The first kappa shape index (κ1) is 13.1. The fraction of sp³-hybridized carbons (Fsp3) is 0.533. The van der Waals surface area contributed by atoms with E-state index in [1.807, 2.05) is 18.7 Å². The molecule has 3 heteroatoms. The van der Waals surface area contributed by atoms with Crippen molar-refractivity contribution in [1.82, 2.24) is 4.90 Å². The van der Waals surface area contributed by atoms with Crippen LogP contribution < -0.4 is 5.73 Å². The average molecular weight is 246 g/mol. The summed E-state index contributed by atoms with van der Waals surface area (Å²) in [7, 11) is 0. The Labute approximate surface area is 109 Å². The van der Waals surface area contributed by atoms with Gasteiger partial charge in [-0.05, 0) is 37.8 Å². The summed E-state index contributed by atoms with van der Waals surface area (Å²) >= 11 is 0. The molecule has 3 nitrogen and oxygen atoms in total. The van der Waals surface area contributed by atoms with Gasteiger partial charge in [0.05, 0.1) is 0 Å². The summed E-state index contributed by atoms with van der Waals surface area (Å²) < 4.78 is 0. The van der Waals surface area contributed by atoms with E-state index in [9.17, 15) is 4.79 Å². The Hall–Kier alpha value is -1.35. The topological polar surface area (TPSA) is 46.3 Å². The fourth-order valence-corrected chi connectivity index (χ4v) is 2.83. The van der Waals surface area contributed by atoms with Crippen molar-refractivity contribution in [1.29, 1.82) is 0 Å². The molecule has 1 fully saturated rings. The molecule has 2 atom stereocenters. The molecule has 0 saturated carbocycles. The van der Waals surface area contributed by atoms with Gasteiger partial charge in [0.25, 0.3) is 5.91 Å². The molecule has 18 heavy (non-hydrogen) atoms. The van der Waals surface area contributed by atoms with Gasteiger partial charge in [-0.15, -0.1) is 0 Å². The second-order valence-corrected chi connectivity index (χ2v) is 5.62. The van der Waals surface area contributed by atoms with Gasteiger partial charge in [0.15, 0.2) is 0 Å². The number of carbonyl (C=O) groups excluding carboxylic acids is 1. The molecule has 1 saturated heterocycles. The maximum Gasteiger partial charge on any atom is 0.254 e. The summed E-state index contributed by atoms with van der Waals surface area (Å²) in [6, 6.07) is 4.25. The molecule has 2 N–H and O–H groups in total. The molecule has 0 bridgehead atoms. The van der Waals surface area contributed by atoms with Gasteiger partial charge in [-0.2, -0.15) is 0 Å². The number of benzene rings is 1. The number of amides is 1. The summed E-state index contributed by atoms with van der Waals surface area (Å²) in [6.07, 6.45) is 0. The van der Waals surface area contributed by atoms with Crippen molar-refractivity contribution in [3.63, 3.8) is 0 Å². The van der Waals surface area contributed by atoms with E-state index in [-0.39, 0.29) is 11.9 Å². The third-order valence-electron chi connectivity index (χ3n) is 3.85. The number of nitrogens with two attached hydrogens (primary N) is 1. The second-order valence-electron chi connectivity index (χ2n) is 5.62. The van der Waals surface area contributed by atoms with Crippen molar-refractivity contribution in [3.05, 3.63) is 34.4 Å². The Bertz CT molecular complexity index is 448. The maximum absolute atomic E-state index is 12.6. The summed E-state index contributed by atoms with van der Waals surface area (Å²) in [5.41, 5.74) is 10.2. The number of hydrogen-bond acceptors (Lipinski definition) is 2. The maximum atomic E-state index is 12.6. The Morgan fingerprint density at radius 2 is 1.78 bits per heavy atom. The van der Waals surface area contributed by atoms with Gasteiger partial charge < -0.3 is 10.6 Å². The molecule has 1 aromatic rings. The van der Waals surface area contributed by atoms with Gasteiger partial charge in [-0.1, -0.05) is 24.6 Å². The van der Waals surface area contributed by atoms with Crippen molar-refractivity contribution >= 4 is 5.91 Å². The minimum absolute atomic E-state index is 0.111. The third-order valence-corrected chi connectivity index (χ3v) is 3.85. The van der Waals surface area contributed by atoms with E-state index in [1.165, 1.54) is 5.56 Å². The Balaban J connectivity index is 2.30. The van der Waals surface area contributed by atoms with E-state index in [0.29, 0.717) is 12.5 Å². The van der Waals surface area contributed by atoms with Crippen LogP contribution in [0.4, 0.5) is 0 Å². The molecule has 1 aromatic carbocycles. The molecule has 2 rings (SSSR count). The predicted molar refractivity (Wildman–Crippen MR) is 73.7 cm³/mol. The molecule has 0 spiro atoms. The monoisotopic (exact) mass is 246 g/mol. The molecular formula is C15H22N2O. The van der Waals surface area contributed by atoms with E-state index < -0.39 is 0 Å². The van der Waals surface area contributed by atoms with Crippen molar-refractivity contribution in [2.45, 2.75) is 33.7 Å². The smallest absolute Gasteiger partial charge is 0.254 e. The first-order valence-corrected chi connectivity index (χ1v) is 6.53. The fourth-order valence-electron chi connectivity index (χ4n) is 2.83. The number of hydrogen-bond donors (Lipinski definition) is 1. The molecule has 1 aliphatic heterocycles. The van der Waals surface area contributed by atoms with Crippen LogP contribution in [0.5, 0.6) is 0 Å². The zero-order chi connectivity index (χ0) is 13.4. The lowest BCUT2D eigenvalue weighted by Gasteiger charge is -2.19. The van der Waals surface area contributed by atoms with Gasteiger partial charge in [0.1, 0.15) is 0 Å². The molecule has 2 unspecified atom stereocenters. The van der Waals surface area contributed by atoms with E-state index in [1.54, 1.807) is 0 Å². The van der Waals surface area contributed by atoms with Crippen LogP contribution in [-0.4, -0.2) is 29.9 Å². The molecule has 1 amide bonds. The number of nitrogens with zero attached hydrogens (tertiary/aromatic N) is 1. The predicted octanol–water partition coefficient (Wildman–Crippen LogP) is 2.03. The van der Waals surface area contributed by atoms with Crippen LogP contribution in [0, 0.1) is 26.7 Å². The van der Waals surface area contributed by atoms with Gasteiger partial charge in [-0.25, -0.2) is 0 Å². The molecular weight excluding hydrogens is 224 g/mol. The summed E-state index contributed by atoms with van der Waals surface area (Å²) in [4.78, 5) is 14.5. The standard InChI is InChI=1S/C15H22N2O/c1-9-5-10(2)14(11(3)6-9)15(18)17-7-12(4)13(16)8-17/h5-6,12-13H,7-8,16H2,1-4H3. The zero-order valence-electron chi connectivity index (χ0n) is 11.7. The van der Waals surface area contributed by atoms with Crippen molar-refractivity contribution < 1.29 is 4.79 Å². The Kier molecular flexibility index (Phi) is 3.44. The highest BCUT2D eigenvalue weighted by Gasteiger charge is 2.31. The molecule has 1 aliphatic rings. The summed E-state index contributed by atoms with van der Waals surface area (Å²) in [5.74, 6) is 0.518. The van der Waals surface area contributed by atoms with E-state index >= 15 is 0 Å². The van der Waals surface area contributed by atoms with E-state index in [2.05, 4.69) is 26.0 Å². The van der Waals surface area contributed by atoms with Crippen LogP contribution in [0.3, 0.4) is 0 Å². The van der Waals surface area contributed by atoms with Crippen LogP contribution >= 0.6 is 0 Å². The second kappa shape index (κ2) is 4.73. The number of aryl methyl sites for hydroxylation is 3. The van der Waals surface area contributed by atoms with Crippen molar-refractivity contribution in [3.8, 4) is 0 Å². The van der Waals surface area contributed by atoms with Crippen LogP contribution in [0.1, 0.15) is 34.0 Å². The Morgan fingerprint density at radius 3 is 2.22 bits per heavy atom. The van der Waals surface area contributed by atoms with Gasteiger partial charge in [0.2, 0.25) is 0 Å². The zero-order valence-corrected chi connectivity index (χ0v) is 11.7. The highest BCUT2D eigenvalue weighted by Crippen LogP contribution is 2.22. The summed E-state index contributed by atoms with van der Waals surface area (Å²) in [6.45, 7) is 9.62.